The fourth-order valence-electron chi connectivity index (χ4n) is 3.48. The lowest BCUT2D eigenvalue weighted by molar-refractivity contribution is -0.274. The summed E-state index contributed by atoms with van der Waals surface area (Å²) in [5.74, 6) is -0.621. The number of methoxy groups -OCH3 is 1. The zero-order chi connectivity index (χ0) is 22.8. The summed E-state index contributed by atoms with van der Waals surface area (Å²) in [7, 11) is 1.48. The van der Waals surface area contributed by atoms with E-state index in [-0.39, 0.29) is 36.2 Å². The van der Waals surface area contributed by atoms with Crippen LogP contribution in [0.25, 0.3) is 0 Å². The average molecular weight is 457 g/mol. The van der Waals surface area contributed by atoms with Gasteiger partial charge < -0.3 is 14.6 Å². The molecule has 10 heteroatoms. The summed E-state index contributed by atoms with van der Waals surface area (Å²) in [6.07, 6.45) is -4.76. The molecule has 0 radical (unpaired) electrons. The molecular weight excluding hydrogens is 437 g/mol. The summed E-state index contributed by atoms with van der Waals surface area (Å²) in [6, 6.07) is 5.81. The number of aromatic nitrogens is 1. The van der Waals surface area contributed by atoms with E-state index >= 15 is 0 Å². The Morgan fingerprint density at radius 1 is 1.32 bits per heavy atom. The van der Waals surface area contributed by atoms with Crippen LogP contribution in [0.4, 0.5) is 13.2 Å². The Kier molecular flexibility index (Phi) is 6.86. The molecule has 0 unspecified atom stereocenters. The van der Waals surface area contributed by atoms with Crippen LogP contribution in [0.3, 0.4) is 0 Å². The van der Waals surface area contributed by atoms with Crippen LogP contribution in [0, 0.1) is 0 Å². The van der Waals surface area contributed by atoms with Gasteiger partial charge in [-0.3, -0.25) is 9.78 Å². The van der Waals surface area contributed by atoms with Crippen molar-refractivity contribution in [1.82, 2.24) is 4.98 Å². The minimum absolute atomic E-state index is 0.0203. The molecule has 3 rings (SSSR count). The number of aliphatic imine (C=N–C) groups is 1. The monoisotopic (exact) mass is 456 g/mol. The van der Waals surface area contributed by atoms with Crippen LogP contribution in [0.15, 0.2) is 29.3 Å². The number of hydrogen-bond acceptors (Lipinski definition) is 6. The van der Waals surface area contributed by atoms with Crippen molar-refractivity contribution in [2.75, 3.05) is 7.11 Å². The zero-order valence-corrected chi connectivity index (χ0v) is 17.5. The summed E-state index contributed by atoms with van der Waals surface area (Å²) in [5.41, 5.74) is 2.84. The first-order valence-electron chi connectivity index (χ1n) is 9.39. The van der Waals surface area contributed by atoms with Crippen LogP contribution in [-0.2, 0) is 29.1 Å². The number of carbonyl (C=O) groups excluding carboxylic acids is 1. The van der Waals surface area contributed by atoms with E-state index in [9.17, 15) is 23.1 Å². The van der Waals surface area contributed by atoms with E-state index in [2.05, 4.69) is 14.7 Å². The molecule has 0 spiro atoms. The van der Waals surface area contributed by atoms with Gasteiger partial charge in [0.05, 0.1) is 36.5 Å². The molecule has 0 aliphatic carbocycles. The number of pyridine rings is 1. The fraction of sp³-hybridized carbons (Fsp3) is 0.381. The number of hydrogen-bond donors (Lipinski definition) is 1. The second-order valence-corrected chi connectivity index (χ2v) is 7.54. The first kappa shape index (κ1) is 23.0. The highest BCUT2D eigenvalue weighted by molar-refractivity contribution is 6.32. The topological polar surface area (TPSA) is 81.0 Å². The Labute approximate surface area is 181 Å². The number of ketones is 1. The number of ether oxygens (including phenoxy) is 2. The summed E-state index contributed by atoms with van der Waals surface area (Å²) in [4.78, 5) is 21.2. The second kappa shape index (κ2) is 9.23. The van der Waals surface area contributed by atoms with E-state index in [0.29, 0.717) is 35.0 Å². The zero-order valence-electron chi connectivity index (χ0n) is 16.8. The molecule has 2 aromatic rings. The van der Waals surface area contributed by atoms with Crippen LogP contribution < -0.4 is 4.74 Å². The fourth-order valence-corrected chi connectivity index (χ4v) is 3.63. The number of fused-ring (bicyclic) bond motifs is 1. The van der Waals surface area contributed by atoms with Gasteiger partial charge in [-0.15, -0.1) is 13.2 Å². The molecule has 0 bridgehead atoms. The number of benzene rings is 1. The maximum absolute atomic E-state index is 12.6. The third-order valence-electron chi connectivity index (χ3n) is 4.84. The summed E-state index contributed by atoms with van der Waals surface area (Å²) < 4.78 is 46.7. The Bertz CT molecular complexity index is 1020. The van der Waals surface area contributed by atoms with Gasteiger partial charge >= 0.3 is 6.36 Å². The highest BCUT2D eigenvalue weighted by Crippen LogP contribution is 2.34. The van der Waals surface area contributed by atoms with Gasteiger partial charge in [0, 0.05) is 18.5 Å². The summed E-state index contributed by atoms with van der Waals surface area (Å²) in [6.45, 7) is 1.78. The molecule has 166 valence electrons. The van der Waals surface area contributed by atoms with Crippen molar-refractivity contribution in [3.05, 3.63) is 57.4 Å². The standard InChI is InChI=1S/C21H20ClF3N2O4/c1-11(12-3-4-16(22)18(7-12)31-21(23,24)25)5-15(29)8-14-6-13-9-26-20(30-2)19(13)17(10-28)27-14/h3-4,6-7,11,28H,5,8-10H2,1-2H3/t11-/m0/s1. The molecule has 1 aliphatic heterocycles. The van der Waals surface area contributed by atoms with Crippen molar-refractivity contribution >= 4 is 23.3 Å². The van der Waals surface area contributed by atoms with E-state index in [1.807, 2.05) is 0 Å². The predicted molar refractivity (Wildman–Crippen MR) is 107 cm³/mol. The highest BCUT2D eigenvalue weighted by Gasteiger charge is 2.32. The normalized spacial score (nSPS) is 14.1. The van der Waals surface area contributed by atoms with Crippen molar-refractivity contribution in [2.45, 2.75) is 45.2 Å². The van der Waals surface area contributed by atoms with Gasteiger partial charge in [0.2, 0.25) is 5.90 Å². The summed E-state index contributed by atoms with van der Waals surface area (Å²) in [5, 5.41) is 9.47. The Morgan fingerprint density at radius 2 is 2.06 bits per heavy atom. The van der Waals surface area contributed by atoms with E-state index in [1.54, 1.807) is 19.1 Å². The lowest BCUT2D eigenvalue weighted by atomic mass is 9.93. The van der Waals surface area contributed by atoms with Gasteiger partial charge in [0.1, 0.15) is 11.5 Å². The van der Waals surface area contributed by atoms with Crippen molar-refractivity contribution in [1.29, 1.82) is 0 Å². The molecule has 1 atom stereocenters. The van der Waals surface area contributed by atoms with Gasteiger partial charge in [-0.05, 0) is 35.2 Å². The Balaban J connectivity index is 1.71. The van der Waals surface area contributed by atoms with Crippen molar-refractivity contribution in [3.8, 4) is 5.75 Å². The van der Waals surface area contributed by atoms with Crippen LogP contribution in [-0.4, -0.2) is 35.2 Å². The molecule has 2 heterocycles. The molecule has 1 aliphatic rings. The minimum atomic E-state index is -4.86. The largest absolute Gasteiger partial charge is 0.573 e. The van der Waals surface area contributed by atoms with Crippen molar-refractivity contribution in [2.24, 2.45) is 4.99 Å². The molecule has 1 N–H and O–H groups in total. The Hall–Kier alpha value is -2.65. The molecule has 0 fully saturated rings. The molecule has 1 aromatic heterocycles. The van der Waals surface area contributed by atoms with Crippen LogP contribution in [0.5, 0.6) is 5.75 Å². The highest BCUT2D eigenvalue weighted by atomic mass is 35.5. The van der Waals surface area contributed by atoms with Crippen LogP contribution in [0.2, 0.25) is 5.02 Å². The molecule has 0 saturated carbocycles. The molecule has 0 amide bonds. The van der Waals surface area contributed by atoms with Gasteiger partial charge in [-0.1, -0.05) is 24.6 Å². The first-order chi connectivity index (χ1) is 14.6. The van der Waals surface area contributed by atoms with E-state index in [0.717, 1.165) is 5.56 Å². The smallest absolute Gasteiger partial charge is 0.481 e. The number of rotatable bonds is 7. The third kappa shape index (κ3) is 5.54. The number of carbonyl (C=O) groups is 1. The van der Waals surface area contributed by atoms with E-state index in [4.69, 9.17) is 16.3 Å². The number of halogens is 4. The number of Topliss-reactive ketones (excluding diaryl/α,β-unsaturated/α-hetero) is 1. The van der Waals surface area contributed by atoms with Crippen LogP contribution in [0.1, 0.15) is 47.3 Å². The maximum Gasteiger partial charge on any atom is 0.573 e. The summed E-state index contributed by atoms with van der Waals surface area (Å²) >= 11 is 5.78. The number of alkyl halides is 3. The molecule has 1 aromatic carbocycles. The van der Waals surface area contributed by atoms with Gasteiger partial charge in [-0.2, -0.15) is 0 Å². The van der Waals surface area contributed by atoms with E-state index in [1.165, 1.54) is 19.2 Å². The molecule has 0 saturated heterocycles. The SMILES string of the molecule is COC1=NCc2cc(CC(=O)C[C@H](C)c3ccc(Cl)c(OC(F)(F)F)c3)nc(CO)c21. The lowest BCUT2D eigenvalue weighted by Crippen LogP contribution is -2.17. The Morgan fingerprint density at radius 3 is 2.71 bits per heavy atom. The van der Waals surface area contributed by atoms with Crippen molar-refractivity contribution in [3.63, 3.8) is 0 Å². The van der Waals surface area contributed by atoms with Gasteiger partial charge in [0.25, 0.3) is 0 Å². The molecular formula is C21H20ClF3N2O4. The molecule has 31 heavy (non-hydrogen) atoms. The number of nitrogens with zero attached hydrogens (tertiary/aromatic N) is 2. The number of aliphatic hydroxyl groups is 1. The second-order valence-electron chi connectivity index (χ2n) is 7.14. The van der Waals surface area contributed by atoms with Gasteiger partial charge in [-0.25, -0.2) is 4.99 Å². The molecule has 6 nitrogen and oxygen atoms in total. The van der Waals surface area contributed by atoms with Crippen LogP contribution >= 0.6 is 11.6 Å². The minimum Gasteiger partial charge on any atom is -0.481 e. The average Bonchev–Trinajstić information content (AvgIpc) is 3.10. The lowest BCUT2D eigenvalue weighted by Gasteiger charge is -2.15. The quantitative estimate of drug-likeness (QED) is 0.670. The van der Waals surface area contributed by atoms with Gasteiger partial charge in [0.15, 0.2) is 0 Å². The number of aliphatic hydroxyl groups excluding tert-OH is 1. The predicted octanol–water partition coefficient (Wildman–Crippen LogP) is 4.34. The van der Waals surface area contributed by atoms with E-state index < -0.39 is 12.1 Å². The van der Waals surface area contributed by atoms with Crippen molar-refractivity contribution < 1.29 is 32.5 Å². The first-order valence-corrected chi connectivity index (χ1v) is 9.77. The maximum atomic E-state index is 12.6. The third-order valence-corrected chi connectivity index (χ3v) is 5.15.